The molecule has 0 aromatic carbocycles. The lowest BCUT2D eigenvalue weighted by molar-refractivity contribution is -0.215. The van der Waals surface area contributed by atoms with E-state index in [1.54, 1.807) is 12.1 Å². The molecule has 1 N–H and O–H groups in total. The zero-order valence-corrected chi connectivity index (χ0v) is 15.0. The number of carbonyl (C=O) groups is 1. The number of alkyl halides is 5. The Morgan fingerprint density at radius 1 is 1.29 bits per heavy atom. The van der Waals surface area contributed by atoms with Gasteiger partial charge in [-0.15, -0.1) is 0 Å². The van der Waals surface area contributed by atoms with Gasteiger partial charge < -0.3 is 14.7 Å². The minimum absolute atomic E-state index is 0.0512. The van der Waals surface area contributed by atoms with E-state index in [0.717, 1.165) is 12.8 Å². The Morgan fingerprint density at radius 3 is 2.46 bits per heavy atom. The first-order valence-electron chi connectivity index (χ1n) is 9.02. The number of piperidine rings is 1. The zero-order valence-electron chi connectivity index (χ0n) is 15.0. The van der Waals surface area contributed by atoms with E-state index in [0.29, 0.717) is 18.5 Å². The number of rotatable bonds is 4. The number of pyridine rings is 1. The zero-order chi connectivity index (χ0) is 20.5. The lowest BCUT2D eigenvalue weighted by atomic mass is 9.57. The van der Waals surface area contributed by atoms with Crippen LogP contribution < -0.4 is 0 Å². The quantitative estimate of drug-likeness (QED) is 0.764. The minimum atomic E-state index is -4.82. The number of carbonyl (C=O) groups excluding carboxylic acids is 1. The van der Waals surface area contributed by atoms with Gasteiger partial charge in [-0.3, -0.25) is 4.98 Å². The molecule has 1 aliphatic heterocycles. The maximum atomic E-state index is 12.8. The molecule has 1 amide bonds. The number of aromatic nitrogens is 1. The van der Waals surface area contributed by atoms with Crippen LogP contribution in [0.2, 0.25) is 0 Å². The van der Waals surface area contributed by atoms with Crippen molar-refractivity contribution in [2.24, 2.45) is 5.41 Å². The van der Waals surface area contributed by atoms with Gasteiger partial charge in [0.15, 0.2) is 0 Å². The van der Waals surface area contributed by atoms with E-state index in [4.69, 9.17) is 5.11 Å². The average Bonchev–Trinajstić information content (AvgIpc) is 2.63. The van der Waals surface area contributed by atoms with Gasteiger partial charge in [0.1, 0.15) is 5.69 Å². The summed E-state index contributed by atoms with van der Waals surface area (Å²) in [4.78, 5) is 17.2. The highest BCUT2D eigenvalue weighted by Crippen LogP contribution is 2.56. The molecule has 10 heteroatoms. The average molecular weight is 408 g/mol. The van der Waals surface area contributed by atoms with Gasteiger partial charge >= 0.3 is 12.3 Å². The first-order valence-corrected chi connectivity index (χ1v) is 9.02. The first-order chi connectivity index (χ1) is 13.1. The molecule has 1 aromatic rings. The molecule has 5 nitrogen and oxygen atoms in total. The van der Waals surface area contributed by atoms with Crippen LogP contribution in [0.4, 0.5) is 26.7 Å². The summed E-state index contributed by atoms with van der Waals surface area (Å²) in [5.41, 5.74) is 0.324. The van der Waals surface area contributed by atoms with E-state index < -0.39 is 31.4 Å². The van der Waals surface area contributed by atoms with Crippen LogP contribution in [0.3, 0.4) is 0 Å². The first kappa shape index (κ1) is 20.8. The fourth-order valence-electron chi connectivity index (χ4n) is 3.99. The molecule has 2 aliphatic rings. The number of hydrogen-bond donors (Lipinski definition) is 1. The smallest absolute Gasteiger partial charge is 0.427 e. The highest BCUT2D eigenvalue weighted by Gasteiger charge is 2.48. The molecule has 2 fully saturated rings. The normalized spacial score (nSPS) is 20.9. The summed E-state index contributed by atoms with van der Waals surface area (Å²) in [5, 5.41) is 8.76. The molecule has 1 saturated carbocycles. The standard InChI is InChI=1S/C18H21F5N2O3/c19-15(20)13-3-1-2-12(24-13)11-8-17(9-11)4-6-25(7-5-17)16(27)28-14(10-26)18(21,22)23/h1-3,11,14-15,26H,4-10H2/t14-/m1/s1. The Hall–Kier alpha value is -1.97. The molecule has 3 rings (SSSR count). The lowest BCUT2D eigenvalue weighted by Crippen LogP contribution is -2.50. The fourth-order valence-corrected chi connectivity index (χ4v) is 3.99. The van der Waals surface area contributed by atoms with Gasteiger partial charge in [0.2, 0.25) is 6.10 Å². The highest BCUT2D eigenvalue weighted by atomic mass is 19.4. The third-order valence-corrected chi connectivity index (χ3v) is 5.65. The van der Waals surface area contributed by atoms with Crippen molar-refractivity contribution in [1.82, 2.24) is 9.88 Å². The van der Waals surface area contributed by atoms with Crippen molar-refractivity contribution in [1.29, 1.82) is 0 Å². The molecule has 0 unspecified atom stereocenters. The van der Waals surface area contributed by atoms with Gasteiger partial charge in [-0.25, -0.2) is 13.6 Å². The van der Waals surface area contributed by atoms with Gasteiger partial charge in [-0.05, 0) is 43.2 Å². The van der Waals surface area contributed by atoms with Crippen molar-refractivity contribution in [3.05, 3.63) is 29.6 Å². The Morgan fingerprint density at radius 2 is 1.93 bits per heavy atom. The third kappa shape index (κ3) is 4.37. The molecular weight excluding hydrogens is 387 g/mol. The third-order valence-electron chi connectivity index (χ3n) is 5.65. The van der Waals surface area contributed by atoms with Gasteiger partial charge in [0.05, 0.1) is 6.61 Å². The van der Waals surface area contributed by atoms with Crippen molar-refractivity contribution in [2.45, 2.75) is 50.3 Å². The van der Waals surface area contributed by atoms with E-state index in [1.807, 2.05) is 0 Å². The van der Waals surface area contributed by atoms with Crippen LogP contribution in [0, 0.1) is 5.41 Å². The minimum Gasteiger partial charge on any atom is -0.434 e. The van der Waals surface area contributed by atoms with Crippen LogP contribution in [0.5, 0.6) is 0 Å². The number of nitrogens with zero attached hydrogens (tertiary/aromatic N) is 2. The number of likely N-dealkylation sites (tertiary alicyclic amines) is 1. The number of amides is 1. The van der Waals surface area contributed by atoms with Gasteiger partial charge in [0.25, 0.3) is 6.43 Å². The van der Waals surface area contributed by atoms with E-state index >= 15 is 0 Å². The van der Waals surface area contributed by atoms with Gasteiger partial charge in [-0.1, -0.05) is 6.07 Å². The molecule has 2 heterocycles. The summed E-state index contributed by atoms with van der Waals surface area (Å²) >= 11 is 0. The maximum Gasteiger partial charge on any atom is 0.427 e. The Labute approximate surface area is 158 Å². The van der Waals surface area contributed by atoms with E-state index in [-0.39, 0.29) is 30.1 Å². The molecule has 0 bridgehead atoms. The number of ether oxygens (including phenoxy) is 1. The summed E-state index contributed by atoms with van der Waals surface area (Å²) in [5.74, 6) is 0.0706. The van der Waals surface area contributed by atoms with Crippen LogP contribution in [-0.2, 0) is 4.74 Å². The molecule has 1 spiro atoms. The Bertz CT molecular complexity index is 697. The predicted octanol–water partition coefficient (Wildman–Crippen LogP) is 4.04. The molecule has 1 aliphatic carbocycles. The topological polar surface area (TPSA) is 62.7 Å². The van der Waals surface area contributed by atoms with Crippen LogP contribution in [0.25, 0.3) is 0 Å². The molecule has 156 valence electrons. The highest BCUT2D eigenvalue weighted by molar-refractivity contribution is 5.68. The second kappa shape index (κ2) is 7.81. The van der Waals surface area contributed by atoms with Crippen molar-refractivity contribution in [3.8, 4) is 0 Å². The summed E-state index contributed by atoms with van der Waals surface area (Å²) in [6, 6.07) is 4.57. The van der Waals surface area contributed by atoms with Crippen molar-refractivity contribution in [2.75, 3.05) is 19.7 Å². The number of hydrogen-bond acceptors (Lipinski definition) is 4. The molecule has 1 atom stereocenters. The Kier molecular flexibility index (Phi) is 5.79. The van der Waals surface area contributed by atoms with Crippen molar-refractivity contribution >= 4 is 6.09 Å². The number of aliphatic hydroxyl groups excluding tert-OH is 1. The fraction of sp³-hybridized carbons (Fsp3) is 0.667. The van der Waals surface area contributed by atoms with Crippen LogP contribution in [0.1, 0.15) is 49.4 Å². The van der Waals surface area contributed by atoms with Crippen LogP contribution >= 0.6 is 0 Å². The van der Waals surface area contributed by atoms with Crippen LogP contribution in [-0.4, -0.2) is 53.1 Å². The molecule has 28 heavy (non-hydrogen) atoms. The summed E-state index contributed by atoms with van der Waals surface area (Å²) in [7, 11) is 0. The molecule has 0 radical (unpaired) electrons. The van der Waals surface area contributed by atoms with E-state index in [1.165, 1.54) is 11.0 Å². The van der Waals surface area contributed by atoms with Crippen LogP contribution in [0.15, 0.2) is 18.2 Å². The molecule has 1 aromatic heterocycles. The largest absolute Gasteiger partial charge is 0.434 e. The van der Waals surface area contributed by atoms with Gasteiger partial charge in [-0.2, -0.15) is 13.2 Å². The lowest BCUT2D eigenvalue weighted by Gasteiger charge is -2.52. The maximum absolute atomic E-state index is 12.8. The SMILES string of the molecule is O=C(O[C@H](CO)C(F)(F)F)N1CCC2(CC1)CC(c1cccc(C(F)F)n1)C2. The van der Waals surface area contributed by atoms with Gasteiger partial charge in [0, 0.05) is 24.7 Å². The second-order valence-electron chi connectivity index (χ2n) is 7.48. The van der Waals surface area contributed by atoms with Crippen molar-refractivity contribution < 1.29 is 36.6 Å². The van der Waals surface area contributed by atoms with E-state index in [9.17, 15) is 26.7 Å². The number of halogens is 5. The van der Waals surface area contributed by atoms with E-state index in [2.05, 4.69) is 9.72 Å². The Balaban J connectivity index is 1.51. The number of aliphatic hydroxyl groups is 1. The monoisotopic (exact) mass is 408 g/mol. The van der Waals surface area contributed by atoms with Crippen molar-refractivity contribution in [3.63, 3.8) is 0 Å². The predicted molar refractivity (Wildman–Crippen MR) is 87.8 cm³/mol. The second-order valence-corrected chi connectivity index (χ2v) is 7.48. The molecule has 1 saturated heterocycles. The summed E-state index contributed by atoms with van der Waals surface area (Å²) in [6.45, 7) is -0.808. The summed E-state index contributed by atoms with van der Waals surface area (Å²) in [6.07, 6.45) is -8.36. The molecular formula is C18H21F5N2O3. The summed E-state index contributed by atoms with van der Waals surface area (Å²) < 4.78 is 67.8.